The van der Waals surface area contributed by atoms with E-state index in [1.165, 1.54) is 36.4 Å². The molecule has 0 spiro atoms. The standard InChI is InChI=1S/C14H15ClN2O4S2/c1-9-13(15)6-11(16)7-14(9)22(18,19)8-10-2-4-12(5-3-10)23(17,20)21/h2-7H,8,16H2,1H3,(H2,17,20,21). The van der Waals surface area contributed by atoms with Crippen molar-refractivity contribution in [3.05, 3.63) is 52.5 Å². The van der Waals surface area contributed by atoms with Crippen LogP contribution in [0.15, 0.2) is 46.2 Å². The molecule has 4 N–H and O–H groups in total. The lowest BCUT2D eigenvalue weighted by molar-refractivity contribution is 0.594. The summed E-state index contributed by atoms with van der Waals surface area (Å²) in [6.45, 7) is 1.60. The molecular formula is C14H15ClN2O4S2. The highest BCUT2D eigenvalue weighted by molar-refractivity contribution is 7.90. The lowest BCUT2D eigenvalue weighted by Gasteiger charge is -2.11. The third-order valence-electron chi connectivity index (χ3n) is 3.26. The Bertz CT molecular complexity index is 953. The van der Waals surface area contributed by atoms with Gasteiger partial charge >= 0.3 is 0 Å². The van der Waals surface area contributed by atoms with Crippen molar-refractivity contribution in [2.75, 3.05) is 5.73 Å². The first-order chi connectivity index (χ1) is 10.5. The lowest BCUT2D eigenvalue weighted by atomic mass is 10.2. The first-order valence-corrected chi connectivity index (χ1v) is 9.98. The van der Waals surface area contributed by atoms with Crippen LogP contribution in [0.2, 0.25) is 5.02 Å². The van der Waals surface area contributed by atoms with E-state index in [1.807, 2.05) is 0 Å². The monoisotopic (exact) mass is 374 g/mol. The summed E-state index contributed by atoms with van der Waals surface area (Å²) in [5.74, 6) is -0.307. The van der Waals surface area contributed by atoms with E-state index in [-0.39, 0.29) is 26.3 Å². The minimum Gasteiger partial charge on any atom is -0.399 e. The topological polar surface area (TPSA) is 120 Å². The van der Waals surface area contributed by atoms with E-state index in [4.69, 9.17) is 22.5 Å². The van der Waals surface area contributed by atoms with Gasteiger partial charge in [0.2, 0.25) is 10.0 Å². The summed E-state index contributed by atoms with van der Waals surface area (Å²) in [7, 11) is -7.50. The first kappa shape index (κ1) is 17.7. The maximum atomic E-state index is 12.6. The smallest absolute Gasteiger partial charge is 0.238 e. The fourth-order valence-corrected chi connectivity index (χ4v) is 4.55. The molecule has 0 aliphatic rings. The molecule has 0 fully saturated rings. The number of nitrogen functional groups attached to an aromatic ring is 1. The third kappa shape index (κ3) is 4.03. The van der Waals surface area contributed by atoms with Gasteiger partial charge in [0, 0.05) is 10.7 Å². The maximum Gasteiger partial charge on any atom is 0.238 e. The number of rotatable bonds is 4. The zero-order valence-corrected chi connectivity index (χ0v) is 14.5. The summed E-state index contributed by atoms with van der Waals surface area (Å²) in [4.78, 5) is -0.0279. The fraction of sp³-hybridized carbons (Fsp3) is 0.143. The van der Waals surface area contributed by atoms with Crippen molar-refractivity contribution in [2.45, 2.75) is 22.5 Å². The number of anilines is 1. The maximum absolute atomic E-state index is 12.6. The number of sulfonamides is 1. The van der Waals surface area contributed by atoms with Gasteiger partial charge in [0.1, 0.15) is 0 Å². The second kappa shape index (κ2) is 6.12. The van der Waals surface area contributed by atoms with Gasteiger partial charge in [-0.25, -0.2) is 22.0 Å². The Morgan fingerprint density at radius 1 is 1.04 bits per heavy atom. The van der Waals surface area contributed by atoms with Gasteiger partial charge in [0.05, 0.1) is 15.5 Å². The van der Waals surface area contributed by atoms with Crippen molar-refractivity contribution in [2.24, 2.45) is 5.14 Å². The second-order valence-corrected chi connectivity index (χ2v) is 9.00. The molecule has 2 rings (SSSR count). The largest absolute Gasteiger partial charge is 0.399 e. The lowest BCUT2D eigenvalue weighted by Crippen LogP contribution is -2.12. The van der Waals surface area contributed by atoms with Crippen LogP contribution >= 0.6 is 11.6 Å². The van der Waals surface area contributed by atoms with E-state index in [0.29, 0.717) is 11.1 Å². The average molecular weight is 375 g/mol. The van der Waals surface area contributed by atoms with Gasteiger partial charge in [-0.15, -0.1) is 0 Å². The summed E-state index contributed by atoms with van der Waals surface area (Å²) in [6.07, 6.45) is 0. The van der Waals surface area contributed by atoms with Gasteiger partial charge in [-0.3, -0.25) is 0 Å². The Balaban J connectivity index is 2.39. The molecule has 0 aliphatic heterocycles. The van der Waals surface area contributed by atoms with Crippen molar-refractivity contribution in [3.63, 3.8) is 0 Å². The molecule has 9 heteroatoms. The molecule has 2 aromatic carbocycles. The molecule has 0 heterocycles. The number of halogens is 1. The van der Waals surface area contributed by atoms with Gasteiger partial charge in [0.25, 0.3) is 0 Å². The first-order valence-electron chi connectivity index (χ1n) is 6.41. The molecule has 0 unspecified atom stereocenters. The number of nitrogens with two attached hydrogens (primary N) is 2. The van der Waals surface area contributed by atoms with E-state index in [0.717, 1.165) is 0 Å². The Morgan fingerprint density at radius 2 is 1.61 bits per heavy atom. The second-order valence-electron chi connectivity index (χ2n) is 5.07. The van der Waals surface area contributed by atoms with Crippen LogP contribution in [0.5, 0.6) is 0 Å². The van der Waals surface area contributed by atoms with E-state index >= 15 is 0 Å². The van der Waals surface area contributed by atoms with Crippen LogP contribution in [0.25, 0.3) is 0 Å². The van der Waals surface area contributed by atoms with Gasteiger partial charge < -0.3 is 5.73 Å². The molecule has 23 heavy (non-hydrogen) atoms. The molecule has 0 aromatic heterocycles. The van der Waals surface area contributed by atoms with Crippen molar-refractivity contribution < 1.29 is 16.8 Å². The highest BCUT2D eigenvalue weighted by atomic mass is 35.5. The quantitative estimate of drug-likeness (QED) is 0.791. The molecule has 0 saturated heterocycles. The van der Waals surface area contributed by atoms with Gasteiger partial charge in [-0.05, 0) is 42.3 Å². The van der Waals surface area contributed by atoms with Crippen LogP contribution in [0, 0.1) is 6.92 Å². The summed E-state index contributed by atoms with van der Waals surface area (Å²) in [5, 5.41) is 5.28. The molecular weight excluding hydrogens is 360 g/mol. The number of benzene rings is 2. The van der Waals surface area contributed by atoms with Crippen LogP contribution in [-0.2, 0) is 25.6 Å². The van der Waals surface area contributed by atoms with Crippen LogP contribution in [0.1, 0.15) is 11.1 Å². The van der Waals surface area contributed by atoms with E-state index in [2.05, 4.69) is 0 Å². The number of primary sulfonamides is 1. The van der Waals surface area contributed by atoms with Crippen molar-refractivity contribution in [1.82, 2.24) is 0 Å². The number of hydrogen-bond acceptors (Lipinski definition) is 5. The average Bonchev–Trinajstić information content (AvgIpc) is 2.41. The fourth-order valence-electron chi connectivity index (χ4n) is 2.07. The zero-order valence-electron chi connectivity index (χ0n) is 12.2. The Labute approximate surface area is 140 Å². The summed E-state index contributed by atoms with van der Waals surface area (Å²) >= 11 is 5.97. The van der Waals surface area contributed by atoms with Crippen molar-refractivity contribution >= 4 is 37.1 Å². The van der Waals surface area contributed by atoms with Crippen LogP contribution in [0.3, 0.4) is 0 Å². The molecule has 124 valence electrons. The predicted molar refractivity (Wildman–Crippen MR) is 89.3 cm³/mol. The molecule has 0 bridgehead atoms. The third-order valence-corrected chi connectivity index (χ3v) is 6.39. The van der Waals surface area contributed by atoms with Gasteiger partial charge in [-0.2, -0.15) is 0 Å². The molecule has 0 amide bonds. The van der Waals surface area contributed by atoms with Crippen molar-refractivity contribution in [3.8, 4) is 0 Å². The minimum atomic E-state index is -3.82. The van der Waals surface area contributed by atoms with Gasteiger partial charge in [0.15, 0.2) is 9.84 Å². The van der Waals surface area contributed by atoms with Crippen molar-refractivity contribution in [1.29, 1.82) is 0 Å². The Hall–Kier alpha value is -1.61. The van der Waals surface area contributed by atoms with Crippen LogP contribution in [0.4, 0.5) is 5.69 Å². The normalized spacial score (nSPS) is 12.3. The summed E-state index contributed by atoms with van der Waals surface area (Å²) < 4.78 is 47.5. The number of hydrogen-bond donors (Lipinski definition) is 2. The van der Waals surface area contributed by atoms with E-state index in [9.17, 15) is 16.8 Å². The Morgan fingerprint density at radius 3 is 2.13 bits per heavy atom. The van der Waals surface area contributed by atoms with Crippen LogP contribution in [-0.4, -0.2) is 16.8 Å². The van der Waals surface area contributed by atoms with E-state index in [1.54, 1.807) is 6.92 Å². The SMILES string of the molecule is Cc1c(Cl)cc(N)cc1S(=O)(=O)Cc1ccc(S(N)(=O)=O)cc1. The highest BCUT2D eigenvalue weighted by Gasteiger charge is 2.20. The Kier molecular flexibility index (Phi) is 4.72. The predicted octanol–water partition coefficient (Wildman–Crippen LogP) is 1.85. The highest BCUT2D eigenvalue weighted by Crippen LogP contribution is 2.28. The summed E-state index contributed by atoms with van der Waals surface area (Å²) in [6, 6.07) is 8.17. The molecule has 2 aromatic rings. The number of sulfone groups is 1. The molecule has 0 radical (unpaired) electrons. The molecule has 0 aliphatic carbocycles. The summed E-state index contributed by atoms with van der Waals surface area (Å²) in [5.41, 5.74) is 6.75. The van der Waals surface area contributed by atoms with Crippen LogP contribution < -0.4 is 10.9 Å². The molecule has 0 saturated carbocycles. The molecule has 0 atom stereocenters. The zero-order chi connectivity index (χ0) is 17.4. The minimum absolute atomic E-state index is 0.0537. The van der Waals surface area contributed by atoms with E-state index < -0.39 is 19.9 Å². The van der Waals surface area contributed by atoms with Gasteiger partial charge in [-0.1, -0.05) is 23.7 Å². The molecule has 6 nitrogen and oxygen atoms in total.